The van der Waals surface area contributed by atoms with Gasteiger partial charge in [0.2, 0.25) is 5.91 Å². The molecule has 1 aromatic carbocycles. The van der Waals surface area contributed by atoms with Crippen LogP contribution in [0.15, 0.2) is 42.5 Å². The van der Waals surface area contributed by atoms with Crippen LogP contribution < -0.4 is 5.32 Å². The molecule has 21 heavy (non-hydrogen) atoms. The molecule has 0 atom stereocenters. The molecular formula is C17H17FN2O. The number of aromatic nitrogens is 1. The van der Waals surface area contributed by atoms with Crippen molar-refractivity contribution >= 4 is 11.7 Å². The molecule has 0 radical (unpaired) electrons. The number of amides is 1. The Balaban J connectivity index is 1.85. The minimum atomic E-state index is -0.543. The molecule has 1 N–H and O–H groups in total. The maximum absolute atomic E-state index is 13.1. The van der Waals surface area contributed by atoms with Crippen LogP contribution >= 0.6 is 0 Å². The fraction of sp³-hybridized carbons (Fsp3) is 0.294. The van der Waals surface area contributed by atoms with E-state index < -0.39 is 5.41 Å². The van der Waals surface area contributed by atoms with Gasteiger partial charge in [0, 0.05) is 5.69 Å². The van der Waals surface area contributed by atoms with E-state index in [1.807, 2.05) is 19.1 Å². The molecule has 0 unspecified atom stereocenters. The number of benzene rings is 1. The van der Waals surface area contributed by atoms with Gasteiger partial charge in [-0.1, -0.05) is 24.6 Å². The lowest BCUT2D eigenvalue weighted by molar-refractivity contribution is -0.124. The molecule has 1 fully saturated rings. The molecule has 3 rings (SSSR count). The van der Waals surface area contributed by atoms with Gasteiger partial charge in [0.15, 0.2) is 0 Å². The highest BCUT2D eigenvalue weighted by atomic mass is 19.1. The molecule has 1 aromatic heterocycles. The second kappa shape index (κ2) is 5.28. The monoisotopic (exact) mass is 284 g/mol. The first-order valence-electron chi connectivity index (χ1n) is 7.11. The average Bonchev–Trinajstić information content (AvgIpc) is 2.39. The summed E-state index contributed by atoms with van der Waals surface area (Å²) in [5.41, 5.74) is 1.19. The van der Waals surface area contributed by atoms with Gasteiger partial charge in [-0.05, 0) is 49.6 Å². The molecule has 1 amide bonds. The first kappa shape index (κ1) is 13.7. The van der Waals surface area contributed by atoms with E-state index in [1.165, 1.54) is 12.1 Å². The summed E-state index contributed by atoms with van der Waals surface area (Å²) in [5, 5.41) is 2.89. The van der Waals surface area contributed by atoms with E-state index in [2.05, 4.69) is 10.3 Å². The van der Waals surface area contributed by atoms with Crippen LogP contribution in [0, 0.1) is 12.7 Å². The Morgan fingerprint density at radius 3 is 2.48 bits per heavy atom. The van der Waals surface area contributed by atoms with Gasteiger partial charge in [0.25, 0.3) is 0 Å². The van der Waals surface area contributed by atoms with Crippen LogP contribution in [0.1, 0.15) is 30.5 Å². The quantitative estimate of drug-likeness (QED) is 0.936. The Labute approximate surface area is 123 Å². The Kier molecular flexibility index (Phi) is 3.45. The summed E-state index contributed by atoms with van der Waals surface area (Å²) < 4.78 is 13.1. The first-order chi connectivity index (χ1) is 10.1. The first-order valence-corrected chi connectivity index (χ1v) is 7.11. The van der Waals surface area contributed by atoms with Gasteiger partial charge in [0.1, 0.15) is 11.6 Å². The fourth-order valence-electron chi connectivity index (χ4n) is 2.79. The highest BCUT2D eigenvalue weighted by Crippen LogP contribution is 2.44. The standard InChI is InChI=1S/C17H17FN2O/c1-12-4-2-5-15(19-12)20-16(21)17(10-3-11-17)13-6-8-14(18)9-7-13/h2,4-9H,3,10-11H2,1H3,(H,19,20,21). The smallest absolute Gasteiger partial charge is 0.236 e. The Bertz CT molecular complexity index is 663. The Hall–Kier alpha value is -2.23. The molecular weight excluding hydrogens is 267 g/mol. The van der Waals surface area contributed by atoms with Crippen molar-refractivity contribution in [3.63, 3.8) is 0 Å². The molecule has 2 aromatic rings. The minimum absolute atomic E-state index is 0.0570. The number of nitrogens with one attached hydrogen (secondary N) is 1. The lowest BCUT2D eigenvalue weighted by atomic mass is 9.64. The lowest BCUT2D eigenvalue weighted by Gasteiger charge is -2.40. The van der Waals surface area contributed by atoms with Crippen molar-refractivity contribution in [2.75, 3.05) is 5.32 Å². The summed E-state index contributed by atoms with van der Waals surface area (Å²) in [4.78, 5) is 17.0. The number of hydrogen-bond acceptors (Lipinski definition) is 2. The normalized spacial score (nSPS) is 16.1. The molecule has 4 heteroatoms. The molecule has 1 heterocycles. The lowest BCUT2D eigenvalue weighted by Crippen LogP contribution is -2.46. The number of carbonyl (C=O) groups excluding carboxylic acids is 1. The van der Waals surface area contributed by atoms with E-state index in [0.29, 0.717) is 5.82 Å². The average molecular weight is 284 g/mol. The van der Waals surface area contributed by atoms with Crippen LogP contribution in [-0.2, 0) is 10.2 Å². The highest BCUT2D eigenvalue weighted by Gasteiger charge is 2.45. The maximum Gasteiger partial charge on any atom is 0.236 e. The number of hydrogen-bond donors (Lipinski definition) is 1. The number of halogens is 1. The van der Waals surface area contributed by atoms with Crippen LogP contribution in [0.4, 0.5) is 10.2 Å². The van der Waals surface area contributed by atoms with E-state index in [1.54, 1.807) is 18.2 Å². The number of pyridine rings is 1. The highest BCUT2D eigenvalue weighted by molar-refractivity contribution is 5.99. The maximum atomic E-state index is 13.1. The number of carbonyl (C=O) groups is 1. The predicted octanol–water partition coefficient (Wildman–Crippen LogP) is 3.59. The second-order valence-corrected chi connectivity index (χ2v) is 5.56. The van der Waals surface area contributed by atoms with E-state index >= 15 is 0 Å². The SMILES string of the molecule is Cc1cccc(NC(=O)C2(c3ccc(F)cc3)CCC2)n1. The molecule has 3 nitrogen and oxygen atoms in total. The topological polar surface area (TPSA) is 42.0 Å². The van der Waals surface area contributed by atoms with Crippen molar-refractivity contribution in [3.8, 4) is 0 Å². The second-order valence-electron chi connectivity index (χ2n) is 5.56. The molecule has 108 valence electrons. The summed E-state index contributed by atoms with van der Waals surface area (Å²) in [5.74, 6) is 0.223. The van der Waals surface area contributed by atoms with Crippen LogP contribution in [-0.4, -0.2) is 10.9 Å². The van der Waals surface area contributed by atoms with Gasteiger partial charge in [0.05, 0.1) is 5.41 Å². The molecule has 0 aliphatic heterocycles. The zero-order valence-corrected chi connectivity index (χ0v) is 11.9. The van der Waals surface area contributed by atoms with Crippen molar-refractivity contribution in [2.45, 2.75) is 31.6 Å². The van der Waals surface area contributed by atoms with Crippen LogP contribution in [0.3, 0.4) is 0 Å². The largest absolute Gasteiger partial charge is 0.310 e. The third kappa shape index (κ3) is 2.53. The summed E-state index contributed by atoms with van der Waals surface area (Å²) in [6, 6.07) is 11.8. The number of aryl methyl sites for hydroxylation is 1. The van der Waals surface area contributed by atoms with Crippen molar-refractivity contribution < 1.29 is 9.18 Å². The van der Waals surface area contributed by atoms with Gasteiger partial charge in [-0.2, -0.15) is 0 Å². The van der Waals surface area contributed by atoms with Crippen molar-refractivity contribution in [2.24, 2.45) is 0 Å². The summed E-state index contributed by atoms with van der Waals surface area (Å²) in [7, 11) is 0. The third-order valence-corrected chi connectivity index (χ3v) is 4.17. The van der Waals surface area contributed by atoms with Gasteiger partial charge in [-0.25, -0.2) is 9.37 Å². The number of anilines is 1. The molecule has 0 spiro atoms. The van der Waals surface area contributed by atoms with Gasteiger partial charge < -0.3 is 5.32 Å². The van der Waals surface area contributed by atoms with Gasteiger partial charge >= 0.3 is 0 Å². The van der Waals surface area contributed by atoms with Gasteiger partial charge in [-0.3, -0.25) is 4.79 Å². The fourth-order valence-corrected chi connectivity index (χ4v) is 2.79. The van der Waals surface area contributed by atoms with Gasteiger partial charge in [-0.15, -0.1) is 0 Å². The molecule has 1 saturated carbocycles. The van der Waals surface area contributed by atoms with Crippen molar-refractivity contribution in [1.82, 2.24) is 4.98 Å². The van der Waals surface area contributed by atoms with Crippen molar-refractivity contribution in [3.05, 3.63) is 59.5 Å². The van der Waals surface area contributed by atoms with E-state index in [-0.39, 0.29) is 11.7 Å². The molecule has 0 bridgehead atoms. The van der Waals surface area contributed by atoms with Crippen molar-refractivity contribution in [1.29, 1.82) is 0 Å². The minimum Gasteiger partial charge on any atom is -0.310 e. The van der Waals surface area contributed by atoms with E-state index in [4.69, 9.17) is 0 Å². The molecule has 0 saturated heterocycles. The summed E-state index contributed by atoms with van der Waals surface area (Å²) in [6.07, 6.45) is 2.58. The zero-order chi connectivity index (χ0) is 14.9. The summed E-state index contributed by atoms with van der Waals surface area (Å²) >= 11 is 0. The third-order valence-electron chi connectivity index (χ3n) is 4.17. The van der Waals surface area contributed by atoms with E-state index in [0.717, 1.165) is 30.5 Å². The Morgan fingerprint density at radius 2 is 1.90 bits per heavy atom. The number of rotatable bonds is 3. The molecule has 1 aliphatic carbocycles. The summed E-state index contributed by atoms with van der Waals surface area (Å²) in [6.45, 7) is 1.88. The van der Waals surface area contributed by atoms with E-state index in [9.17, 15) is 9.18 Å². The number of nitrogens with zero attached hydrogens (tertiary/aromatic N) is 1. The van der Waals surface area contributed by atoms with Crippen LogP contribution in [0.25, 0.3) is 0 Å². The van der Waals surface area contributed by atoms with Crippen LogP contribution in [0.2, 0.25) is 0 Å². The zero-order valence-electron chi connectivity index (χ0n) is 11.9. The molecule has 1 aliphatic rings. The predicted molar refractivity (Wildman–Crippen MR) is 79.5 cm³/mol. The Morgan fingerprint density at radius 1 is 1.19 bits per heavy atom. The van der Waals surface area contributed by atoms with Crippen LogP contribution in [0.5, 0.6) is 0 Å².